The van der Waals surface area contributed by atoms with Crippen LogP contribution in [0.2, 0.25) is 0 Å². The molecule has 0 unspecified atom stereocenters. The molecule has 2 aliphatic heterocycles. The van der Waals surface area contributed by atoms with E-state index in [1.807, 2.05) is 35.2 Å². The van der Waals surface area contributed by atoms with E-state index in [0.29, 0.717) is 13.1 Å². The number of carbonyl (C=O) groups excluding carboxylic acids is 1. The Labute approximate surface area is 153 Å². The third-order valence-electron chi connectivity index (χ3n) is 5.43. The minimum absolute atomic E-state index is 0.108. The van der Waals surface area contributed by atoms with Crippen LogP contribution >= 0.6 is 0 Å². The summed E-state index contributed by atoms with van der Waals surface area (Å²) < 4.78 is 0. The van der Waals surface area contributed by atoms with Gasteiger partial charge in [0.2, 0.25) is 0 Å². The van der Waals surface area contributed by atoms with Crippen LogP contribution in [0.15, 0.2) is 72.8 Å². The molecule has 5 rings (SSSR count). The quantitative estimate of drug-likeness (QED) is 0.692. The molecule has 0 N–H and O–H groups in total. The second kappa shape index (κ2) is 6.03. The Balaban J connectivity index is 1.36. The average Bonchev–Trinajstić information content (AvgIpc) is 3.31. The molecule has 128 valence electrons. The highest BCUT2D eigenvalue weighted by atomic mass is 16.2. The maximum Gasteiger partial charge on any atom is 0.254 e. The maximum absolute atomic E-state index is 12.7. The van der Waals surface area contributed by atoms with Crippen LogP contribution in [0.4, 0.5) is 5.69 Å². The molecule has 2 aliphatic rings. The van der Waals surface area contributed by atoms with Gasteiger partial charge in [-0.3, -0.25) is 4.79 Å². The van der Waals surface area contributed by atoms with E-state index in [1.165, 1.54) is 27.9 Å². The third-order valence-corrected chi connectivity index (χ3v) is 5.43. The predicted octanol–water partition coefficient (Wildman–Crippen LogP) is 4.36. The number of carbonyl (C=O) groups is 1. The summed E-state index contributed by atoms with van der Waals surface area (Å²) in [5.41, 5.74) is 7.35. The number of benzene rings is 3. The van der Waals surface area contributed by atoms with Crippen LogP contribution in [0.3, 0.4) is 0 Å². The molecule has 1 amide bonds. The number of hydrogen-bond donors (Lipinski definition) is 0. The minimum Gasteiger partial charge on any atom is -0.363 e. The summed E-state index contributed by atoms with van der Waals surface area (Å²) in [4.78, 5) is 17.1. The third kappa shape index (κ3) is 2.57. The van der Waals surface area contributed by atoms with Gasteiger partial charge in [0.1, 0.15) is 0 Å². The van der Waals surface area contributed by atoms with E-state index in [0.717, 1.165) is 18.7 Å². The van der Waals surface area contributed by atoms with Gasteiger partial charge in [-0.05, 0) is 46.5 Å². The van der Waals surface area contributed by atoms with Crippen molar-refractivity contribution in [3.8, 4) is 0 Å². The predicted molar refractivity (Wildman–Crippen MR) is 103 cm³/mol. The van der Waals surface area contributed by atoms with Gasteiger partial charge in [-0.1, -0.05) is 48.5 Å². The summed E-state index contributed by atoms with van der Waals surface area (Å²) in [5.74, 6) is 0.108. The van der Waals surface area contributed by atoms with Gasteiger partial charge in [-0.15, -0.1) is 0 Å². The fourth-order valence-electron chi connectivity index (χ4n) is 4.00. The lowest BCUT2D eigenvalue weighted by molar-refractivity contribution is 0.0751. The zero-order valence-corrected chi connectivity index (χ0v) is 14.6. The molecule has 0 bridgehead atoms. The highest BCUT2D eigenvalue weighted by Gasteiger charge is 2.26. The van der Waals surface area contributed by atoms with E-state index in [9.17, 15) is 4.79 Å². The zero-order chi connectivity index (χ0) is 17.5. The molecule has 3 heteroatoms. The number of anilines is 1. The van der Waals surface area contributed by atoms with E-state index >= 15 is 0 Å². The summed E-state index contributed by atoms with van der Waals surface area (Å²) in [6.07, 6.45) is 0. The lowest BCUT2D eigenvalue weighted by Crippen LogP contribution is -2.25. The van der Waals surface area contributed by atoms with Gasteiger partial charge < -0.3 is 9.80 Å². The molecule has 3 nitrogen and oxygen atoms in total. The van der Waals surface area contributed by atoms with Crippen molar-refractivity contribution in [3.63, 3.8) is 0 Å². The standard InChI is InChI=1S/C23H20N2O/c26-23(17-6-2-1-3-7-17)25-15-20-10-11-22(12-21(20)16-25)24-13-18-8-4-5-9-19(18)14-24/h1-12H,13-16H2. The van der Waals surface area contributed by atoms with E-state index in [1.54, 1.807) is 0 Å². The largest absolute Gasteiger partial charge is 0.363 e. The van der Waals surface area contributed by atoms with Gasteiger partial charge in [0, 0.05) is 37.4 Å². The Morgan fingerprint density at radius 3 is 2.00 bits per heavy atom. The van der Waals surface area contributed by atoms with Gasteiger partial charge in [0.05, 0.1) is 0 Å². The van der Waals surface area contributed by atoms with Crippen LogP contribution in [-0.2, 0) is 26.2 Å². The van der Waals surface area contributed by atoms with Crippen LogP contribution in [-0.4, -0.2) is 10.8 Å². The van der Waals surface area contributed by atoms with Crippen LogP contribution in [0.25, 0.3) is 0 Å². The van der Waals surface area contributed by atoms with Crippen molar-refractivity contribution >= 4 is 11.6 Å². The molecule has 0 atom stereocenters. The zero-order valence-electron chi connectivity index (χ0n) is 14.6. The average molecular weight is 340 g/mol. The van der Waals surface area contributed by atoms with Crippen LogP contribution in [0, 0.1) is 0 Å². The smallest absolute Gasteiger partial charge is 0.254 e. The summed E-state index contributed by atoms with van der Waals surface area (Å²) >= 11 is 0. The summed E-state index contributed by atoms with van der Waals surface area (Å²) in [7, 11) is 0. The van der Waals surface area contributed by atoms with Gasteiger partial charge in [-0.2, -0.15) is 0 Å². The number of hydrogen-bond acceptors (Lipinski definition) is 2. The second-order valence-electron chi connectivity index (χ2n) is 7.11. The molecule has 0 aromatic heterocycles. The van der Waals surface area contributed by atoms with Crippen LogP contribution in [0.1, 0.15) is 32.6 Å². The van der Waals surface area contributed by atoms with Crippen LogP contribution < -0.4 is 4.90 Å². The molecule has 0 spiro atoms. The van der Waals surface area contributed by atoms with E-state index in [-0.39, 0.29) is 5.91 Å². The van der Waals surface area contributed by atoms with Crippen molar-refractivity contribution in [1.29, 1.82) is 0 Å². The number of rotatable bonds is 2. The molecule has 26 heavy (non-hydrogen) atoms. The Morgan fingerprint density at radius 1 is 0.654 bits per heavy atom. The Bertz CT molecular complexity index is 956. The van der Waals surface area contributed by atoms with Crippen molar-refractivity contribution < 1.29 is 4.79 Å². The number of nitrogens with zero attached hydrogens (tertiary/aromatic N) is 2. The van der Waals surface area contributed by atoms with E-state index in [2.05, 4.69) is 47.4 Å². The maximum atomic E-state index is 12.7. The second-order valence-corrected chi connectivity index (χ2v) is 7.11. The fourth-order valence-corrected chi connectivity index (χ4v) is 4.00. The normalized spacial score (nSPS) is 15.1. The van der Waals surface area contributed by atoms with Gasteiger partial charge in [0.25, 0.3) is 5.91 Å². The SMILES string of the molecule is O=C(c1ccccc1)N1Cc2ccc(N3Cc4ccccc4C3)cc2C1. The van der Waals surface area contributed by atoms with Gasteiger partial charge in [-0.25, -0.2) is 0 Å². The van der Waals surface area contributed by atoms with Crippen molar-refractivity contribution in [3.05, 3.63) is 101 Å². The van der Waals surface area contributed by atoms with Crippen molar-refractivity contribution in [2.24, 2.45) is 0 Å². The molecule has 0 aliphatic carbocycles. The molecule has 0 saturated carbocycles. The van der Waals surface area contributed by atoms with Crippen molar-refractivity contribution in [1.82, 2.24) is 4.90 Å². The van der Waals surface area contributed by atoms with E-state index < -0.39 is 0 Å². The highest BCUT2D eigenvalue weighted by Crippen LogP contribution is 2.32. The summed E-state index contributed by atoms with van der Waals surface area (Å²) in [6, 6.07) is 24.8. The topological polar surface area (TPSA) is 23.6 Å². The minimum atomic E-state index is 0.108. The van der Waals surface area contributed by atoms with Crippen molar-refractivity contribution in [2.45, 2.75) is 26.2 Å². The molecule has 2 heterocycles. The molecule has 0 radical (unpaired) electrons. The number of fused-ring (bicyclic) bond motifs is 2. The first kappa shape index (κ1) is 15.2. The molecular weight excluding hydrogens is 320 g/mol. The summed E-state index contributed by atoms with van der Waals surface area (Å²) in [6.45, 7) is 3.31. The Morgan fingerprint density at radius 2 is 1.27 bits per heavy atom. The van der Waals surface area contributed by atoms with Gasteiger partial charge >= 0.3 is 0 Å². The first-order valence-corrected chi connectivity index (χ1v) is 9.06. The highest BCUT2D eigenvalue weighted by molar-refractivity contribution is 5.94. The lowest BCUT2D eigenvalue weighted by Gasteiger charge is -2.18. The molecule has 3 aromatic carbocycles. The Kier molecular flexibility index (Phi) is 3.52. The monoisotopic (exact) mass is 340 g/mol. The first-order chi connectivity index (χ1) is 12.8. The molecule has 3 aromatic rings. The molecular formula is C23H20N2O. The van der Waals surface area contributed by atoms with Crippen molar-refractivity contribution in [2.75, 3.05) is 4.90 Å². The molecule has 0 fully saturated rings. The van der Waals surface area contributed by atoms with Gasteiger partial charge in [0.15, 0.2) is 0 Å². The first-order valence-electron chi connectivity index (χ1n) is 9.06. The molecule has 0 saturated heterocycles. The Hall–Kier alpha value is -3.07. The number of amides is 1. The van der Waals surface area contributed by atoms with Crippen LogP contribution in [0.5, 0.6) is 0 Å². The fraction of sp³-hybridized carbons (Fsp3) is 0.174. The lowest BCUT2D eigenvalue weighted by atomic mass is 10.1. The van der Waals surface area contributed by atoms with E-state index in [4.69, 9.17) is 0 Å². The summed E-state index contributed by atoms with van der Waals surface area (Å²) in [5, 5.41) is 0.